The summed E-state index contributed by atoms with van der Waals surface area (Å²) in [5.41, 5.74) is 0.143. The Morgan fingerprint density at radius 3 is 2.25 bits per heavy atom. The van der Waals surface area contributed by atoms with E-state index in [1.807, 2.05) is 0 Å². The van der Waals surface area contributed by atoms with Gasteiger partial charge in [-0.05, 0) is 24.3 Å². The maximum absolute atomic E-state index is 11.9. The maximum atomic E-state index is 11.9. The molecule has 20 heavy (non-hydrogen) atoms. The molecule has 0 radical (unpaired) electrons. The Bertz CT molecular complexity index is 645. The lowest BCUT2D eigenvalue weighted by Gasteiger charge is -2.14. The summed E-state index contributed by atoms with van der Waals surface area (Å²) in [6, 6.07) is 13.3. The van der Waals surface area contributed by atoms with Crippen LogP contribution in [-0.4, -0.2) is 9.82 Å². The molecule has 0 fully saturated rings. The predicted molar refractivity (Wildman–Crippen MR) is 73.6 cm³/mol. The number of benzene rings is 2. The van der Waals surface area contributed by atoms with Crippen LogP contribution in [0.4, 0.5) is 11.4 Å². The molecular weight excluding hydrogens is 283 g/mol. The summed E-state index contributed by atoms with van der Waals surface area (Å²) in [6.07, 6.45) is 0. The summed E-state index contributed by atoms with van der Waals surface area (Å²) in [7, 11) is -4.10. The van der Waals surface area contributed by atoms with E-state index in [1.54, 1.807) is 30.3 Å². The van der Waals surface area contributed by atoms with E-state index in [4.69, 9.17) is 4.52 Å². The van der Waals surface area contributed by atoms with Gasteiger partial charge in [-0.3, -0.25) is 20.1 Å². The fourth-order valence-electron chi connectivity index (χ4n) is 1.47. The average Bonchev–Trinajstić information content (AvgIpc) is 2.39. The summed E-state index contributed by atoms with van der Waals surface area (Å²) >= 11 is 0. The van der Waals surface area contributed by atoms with Gasteiger partial charge in [0, 0.05) is 17.8 Å². The minimum atomic E-state index is -4.10. The van der Waals surface area contributed by atoms with Crippen LogP contribution in [-0.2, 0) is 4.57 Å². The van der Waals surface area contributed by atoms with Crippen LogP contribution in [0, 0.1) is 10.1 Å². The molecule has 0 heterocycles. The second-order valence-electron chi connectivity index (χ2n) is 3.84. The number of anilines is 1. The minimum Gasteiger partial charge on any atom is -0.409 e. The molecule has 0 aliphatic rings. The van der Waals surface area contributed by atoms with Crippen LogP contribution in [0.15, 0.2) is 54.6 Å². The van der Waals surface area contributed by atoms with Crippen LogP contribution in [0.25, 0.3) is 0 Å². The number of rotatable bonds is 5. The number of para-hydroxylation sites is 1. The Balaban J connectivity index is 2.08. The number of nitro benzene ring substituents is 1. The molecule has 2 aromatic carbocycles. The van der Waals surface area contributed by atoms with Gasteiger partial charge in [0.25, 0.3) is 5.69 Å². The lowest BCUT2D eigenvalue weighted by Crippen LogP contribution is -2.02. The van der Waals surface area contributed by atoms with Gasteiger partial charge < -0.3 is 4.52 Å². The summed E-state index contributed by atoms with van der Waals surface area (Å²) < 4.78 is 16.8. The highest BCUT2D eigenvalue weighted by atomic mass is 31.2. The van der Waals surface area contributed by atoms with Crippen molar-refractivity contribution in [2.45, 2.75) is 0 Å². The Hall–Kier alpha value is -2.37. The van der Waals surface area contributed by atoms with E-state index in [0.717, 1.165) is 0 Å². The molecule has 0 spiro atoms. The molecule has 0 bridgehead atoms. The summed E-state index contributed by atoms with van der Waals surface area (Å²) in [6.45, 7) is 0. The standard InChI is InChI=1S/C12H11N2O5P/c15-14(16)11-8-6-10(7-9-11)13-20(17,18)19-12-4-2-1-3-5-12/h1-9H,(H2,13,17,18). The molecule has 0 aliphatic carbocycles. The van der Waals surface area contributed by atoms with Crippen molar-refractivity contribution in [2.75, 3.05) is 5.09 Å². The van der Waals surface area contributed by atoms with Gasteiger partial charge in [0.15, 0.2) is 0 Å². The van der Waals surface area contributed by atoms with Gasteiger partial charge in [0.2, 0.25) is 0 Å². The summed E-state index contributed by atoms with van der Waals surface area (Å²) in [5, 5.41) is 12.8. The largest absolute Gasteiger partial charge is 0.483 e. The molecule has 104 valence electrons. The fraction of sp³-hybridized carbons (Fsp3) is 0. The molecule has 1 atom stereocenters. The Morgan fingerprint density at radius 1 is 1.10 bits per heavy atom. The van der Waals surface area contributed by atoms with Crippen LogP contribution in [0.1, 0.15) is 0 Å². The number of nitrogens with one attached hydrogen (secondary N) is 1. The van der Waals surface area contributed by atoms with E-state index in [0.29, 0.717) is 0 Å². The topological polar surface area (TPSA) is 102 Å². The van der Waals surface area contributed by atoms with E-state index in [-0.39, 0.29) is 17.1 Å². The highest BCUT2D eigenvalue weighted by Gasteiger charge is 2.21. The SMILES string of the molecule is O=[N+]([O-])c1ccc(NP(=O)(O)Oc2ccccc2)cc1. The maximum Gasteiger partial charge on any atom is 0.483 e. The Labute approximate surface area is 114 Å². The first-order valence-electron chi connectivity index (χ1n) is 5.56. The van der Waals surface area contributed by atoms with E-state index in [9.17, 15) is 19.6 Å². The Kier molecular flexibility index (Phi) is 4.02. The molecular formula is C12H11N2O5P. The average molecular weight is 294 g/mol. The summed E-state index contributed by atoms with van der Waals surface area (Å²) in [5.74, 6) is 0.243. The quantitative estimate of drug-likeness (QED) is 0.499. The van der Waals surface area contributed by atoms with Crippen molar-refractivity contribution >= 4 is 19.1 Å². The molecule has 7 nitrogen and oxygen atoms in total. The molecule has 1 unspecified atom stereocenters. The van der Waals surface area contributed by atoms with Crippen molar-refractivity contribution in [1.29, 1.82) is 0 Å². The highest BCUT2D eigenvalue weighted by molar-refractivity contribution is 7.54. The van der Waals surface area contributed by atoms with Crippen LogP contribution < -0.4 is 9.61 Å². The molecule has 0 saturated carbocycles. The smallest absolute Gasteiger partial charge is 0.409 e. The van der Waals surface area contributed by atoms with Crippen LogP contribution in [0.3, 0.4) is 0 Å². The molecule has 0 aromatic heterocycles. The van der Waals surface area contributed by atoms with Gasteiger partial charge >= 0.3 is 7.75 Å². The van der Waals surface area contributed by atoms with Crippen molar-refractivity contribution in [1.82, 2.24) is 0 Å². The zero-order chi connectivity index (χ0) is 14.6. The third-order valence-electron chi connectivity index (χ3n) is 2.32. The molecule has 2 aromatic rings. The zero-order valence-electron chi connectivity index (χ0n) is 10.2. The lowest BCUT2D eigenvalue weighted by atomic mass is 10.3. The Morgan fingerprint density at radius 2 is 1.70 bits per heavy atom. The number of nitro groups is 1. The number of hydrogen-bond acceptors (Lipinski definition) is 4. The molecule has 2 rings (SSSR count). The minimum absolute atomic E-state index is 0.104. The molecule has 2 N–H and O–H groups in total. The van der Waals surface area contributed by atoms with E-state index in [2.05, 4.69) is 5.09 Å². The van der Waals surface area contributed by atoms with Crippen molar-refractivity contribution in [3.05, 3.63) is 64.7 Å². The normalized spacial score (nSPS) is 13.2. The van der Waals surface area contributed by atoms with Gasteiger partial charge in [-0.2, -0.15) is 0 Å². The third-order valence-corrected chi connectivity index (χ3v) is 3.32. The molecule has 0 aliphatic heterocycles. The van der Waals surface area contributed by atoms with Gasteiger partial charge in [0.1, 0.15) is 5.75 Å². The first-order chi connectivity index (χ1) is 9.46. The van der Waals surface area contributed by atoms with Gasteiger partial charge in [-0.15, -0.1) is 0 Å². The van der Waals surface area contributed by atoms with Gasteiger partial charge in [0.05, 0.1) is 4.92 Å². The molecule has 0 amide bonds. The number of hydrogen-bond donors (Lipinski definition) is 2. The van der Waals surface area contributed by atoms with Crippen molar-refractivity contribution in [3.63, 3.8) is 0 Å². The lowest BCUT2D eigenvalue weighted by molar-refractivity contribution is -0.384. The first-order valence-corrected chi connectivity index (χ1v) is 7.14. The van der Waals surface area contributed by atoms with Crippen LogP contribution >= 0.6 is 7.75 Å². The van der Waals surface area contributed by atoms with Crippen molar-refractivity contribution in [3.8, 4) is 5.75 Å². The molecule has 8 heteroatoms. The fourth-order valence-corrected chi connectivity index (χ4v) is 2.40. The molecule has 0 saturated heterocycles. The second kappa shape index (κ2) is 5.73. The van der Waals surface area contributed by atoms with Crippen molar-refractivity contribution in [2.24, 2.45) is 0 Å². The van der Waals surface area contributed by atoms with Gasteiger partial charge in [-0.25, -0.2) is 4.57 Å². The van der Waals surface area contributed by atoms with E-state index in [1.165, 1.54) is 24.3 Å². The zero-order valence-corrected chi connectivity index (χ0v) is 11.1. The monoisotopic (exact) mass is 294 g/mol. The summed E-state index contributed by atoms with van der Waals surface area (Å²) in [4.78, 5) is 19.6. The highest BCUT2D eigenvalue weighted by Crippen LogP contribution is 2.42. The second-order valence-corrected chi connectivity index (χ2v) is 5.29. The van der Waals surface area contributed by atoms with Crippen LogP contribution in [0.5, 0.6) is 5.75 Å². The van der Waals surface area contributed by atoms with Crippen molar-refractivity contribution < 1.29 is 18.9 Å². The predicted octanol–water partition coefficient (Wildman–Crippen LogP) is 3.19. The number of non-ortho nitro benzene ring substituents is 1. The first kappa shape index (κ1) is 14.0. The van der Waals surface area contributed by atoms with E-state index >= 15 is 0 Å². The van der Waals surface area contributed by atoms with Crippen LogP contribution in [0.2, 0.25) is 0 Å². The van der Waals surface area contributed by atoms with Gasteiger partial charge in [-0.1, -0.05) is 18.2 Å². The van der Waals surface area contributed by atoms with E-state index < -0.39 is 12.7 Å². The number of nitrogens with zero attached hydrogens (tertiary/aromatic N) is 1. The third kappa shape index (κ3) is 3.81.